The molecule has 0 saturated carbocycles. The predicted octanol–water partition coefficient (Wildman–Crippen LogP) is 4.40. The third-order valence-electron chi connectivity index (χ3n) is 3.34. The number of thiophene rings is 1. The van der Waals surface area contributed by atoms with E-state index in [0.717, 1.165) is 21.2 Å². The maximum absolute atomic E-state index is 14.0. The molecule has 0 spiro atoms. The molecule has 3 aromatic rings. The summed E-state index contributed by atoms with van der Waals surface area (Å²) in [5.74, 6) is -0.235. The lowest BCUT2D eigenvalue weighted by atomic mass is 9.97. The molecule has 2 N–H and O–H groups in total. The first-order chi connectivity index (χ1) is 9.16. The number of hydrogen-bond donors (Lipinski definition) is 1. The highest BCUT2D eigenvalue weighted by molar-refractivity contribution is 7.17. The van der Waals surface area contributed by atoms with Crippen LogP contribution < -0.4 is 5.73 Å². The van der Waals surface area contributed by atoms with Gasteiger partial charge in [-0.15, -0.1) is 11.3 Å². The highest BCUT2D eigenvalue weighted by Gasteiger charge is 2.16. The first-order valence-electron chi connectivity index (χ1n) is 6.14. The first kappa shape index (κ1) is 12.3. The van der Waals surface area contributed by atoms with E-state index in [1.807, 2.05) is 36.6 Å². The maximum Gasteiger partial charge on any atom is 0.128 e. The van der Waals surface area contributed by atoms with Crippen molar-refractivity contribution < 1.29 is 4.39 Å². The lowest BCUT2D eigenvalue weighted by Gasteiger charge is -2.15. The van der Waals surface area contributed by atoms with Gasteiger partial charge in [-0.3, -0.25) is 0 Å². The van der Waals surface area contributed by atoms with Crippen LogP contribution in [0.5, 0.6) is 0 Å². The van der Waals surface area contributed by atoms with Gasteiger partial charge in [0.05, 0.1) is 6.04 Å². The van der Waals surface area contributed by atoms with Crippen LogP contribution in [0.25, 0.3) is 10.1 Å². The standard InChI is InChI=1S/C16H14FNS/c1-10-5-6-12(14(17)9-10)15(18)13-4-2-3-11-7-8-19-16(11)13/h2-9,15H,18H2,1H3. The minimum atomic E-state index is -0.428. The third kappa shape index (κ3) is 2.15. The first-order valence-corrected chi connectivity index (χ1v) is 7.02. The molecule has 0 aliphatic rings. The molecule has 0 amide bonds. The zero-order valence-corrected chi connectivity index (χ0v) is 11.4. The van der Waals surface area contributed by atoms with Crippen LogP contribution in [0, 0.1) is 12.7 Å². The Morgan fingerprint density at radius 2 is 1.95 bits per heavy atom. The molecule has 0 radical (unpaired) electrons. The summed E-state index contributed by atoms with van der Waals surface area (Å²) >= 11 is 1.64. The van der Waals surface area contributed by atoms with Crippen LogP contribution in [0.2, 0.25) is 0 Å². The van der Waals surface area contributed by atoms with E-state index in [9.17, 15) is 4.39 Å². The quantitative estimate of drug-likeness (QED) is 0.734. The Hall–Kier alpha value is -1.71. The maximum atomic E-state index is 14.0. The van der Waals surface area contributed by atoms with Gasteiger partial charge in [0, 0.05) is 10.3 Å². The van der Waals surface area contributed by atoms with Gasteiger partial charge < -0.3 is 5.73 Å². The molecular formula is C16H14FNS. The largest absolute Gasteiger partial charge is 0.320 e. The molecule has 1 unspecified atom stereocenters. The summed E-state index contributed by atoms with van der Waals surface area (Å²) in [5.41, 5.74) is 8.69. The van der Waals surface area contributed by atoms with Crippen molar-refractivity contribution in [3.05, 3.63) is 70.4 Å². The van der Waals surface area contributed by atoms with Gasteiger partial charge in [-0.2, -0.15) is 0 Å². The number of fused-ring (bicyclic) bond motifs is 1. The van der Waals surface area contributed by atoms with Gasteiger partial charge in [-0.1, -0.05) is 30.3 Å². The van der Waals surface area contributed by atoms with Crippen LogP contribution >= 0.6 is 11.3 Å². The molecule has 96 valence electrons. The van der Waals surface area contributed by atoms with Crippen LogP contribution in [-0.4, -0.2) is 0 Å². The molecule has 3 heteroatoms. The number of nitrogens with two attached hydrogens (primary N) is 1. The van der Waals surface area contributed by atoms with Gasteiger partial charge >= 0.3 is 0 Å². The third-order valence-corrected chi connectivity index (χ3v) is 4.31. The fourth-order valence-corrected chi connectivity index (χ4v) is 3.27. The normalized spacial score (nSPS) is 12.8. The van der Waals surface area contributed by atoms with Crippen LogP contribution in [0.4, 0.5) is 4.39 Å². The van der Waals surface area contributed by atoms with E-state index >= 15 is 0 Å². The van der Waals surface area contributed by atoms with Crippen LogP contribution in [0.3, 0.4) is 0 Å². The summed E-state index contributed by atoms with van der Waals surface area (Å²) < 4.78 is 15.2. The highest BCUT2D eigenvalue weighted by atomic mass is 32.1. The van der Waals surface area contributed by atoms with Gasteiger partial charge in [0.1, 0.15) is 5.82 Å². The molecule has 1 heterocycles. The van der Waals surface area contributed by atoms with Gasteiger partial charge in [-0.25, -0.2) is 4.39 Å². The monoisotopic (exact) mass is 271 g/mol. The number of benzene rings is 2. The molecule has 0 bridgehead atoms. The van der Waals surface area contributed by atoms with Gasteiger partial charge in [-0.05, 0) is 40.9 Å². The number of aryl methyl sites for hydroxylation is 1. The van der Waals surface area contributed by atoms with Crippen molar-refractivity contribution in [1.82, 2.24) is 0 Å². The highest BCUT2D eigenvalue weighted by Crippen LogP contribution is 2.32. The molecule has 0 aliphatic carbocycles. The molecule has 3 rings (SSSR count). The van der Waals surface area contributed by atoms with Crippen molar-refractivity contribution in [2.45, 2.75) is 13.0 Å². The zero-order chi connectivity index (χ0) is 13.4. The predicted molar refractivity (Wildman–Crippen MR) is 79.0 cm³/mol. The Balaban J connectivity index is 2.13. The molecule has 1 atom stereocenters. The second-order valence-corrected chi connectivity index (χ2v) is 5.60. The molecule has 1 nitrogen and oxygen atoms in total. The van der Waals surface area contributed by atoms with E-state index in [4.69, 9.17) is 5.73 Å². The average molecular weight is 271 g/mol. The average Bonchev–Trinajstić information content (AvgIpc) is 2.86. The lowest BCUT2D eigenvalue weighted by molar-refractivity contribution is 0.599. The fraction of sp³-hybridized carbons (Fsp3) is 0.125. The molecule has 1 aromatic heterocycles. The van der Waals surface area contributed by atoms with Crippen LogP contribution in [0.1, 0.15) is 22.7 Å². The van der Waals surface area contributed by atoms with Crippen molar-refractivity contribution in [2.75, 3.05) is 0 Å². The smallest absolute Gasteiger partial charge is 0.128 e. The number of halogens is 1. The molecular weight excluding hydrogens is 257 g/mol. The van der Waals surface area contributed by atoms with Crippen molar-refractivity contribution in [3.63, 3.8) is 0 Å². The van der Waals surface area contributed by atoms with Crippen molar-refractivity contribution in [3.8, 4) is 0 Å². The Morgan fingerprint density at radius 1 is 1.11 bits per heavy atom. The SMILES string of the molecule is Cc1ccc(C(N)c2cccc3ccsc23)c(F)c1. The van der Waals surface area contributed by atoms with E-state index in [1.54, 1.807) is 17.4 Å². The minimum Gasteiger partial charge on any atom is -0.320 e. The van der Waals surface area contributed by atoms with Crippen LogP contribution in [-0.2, 0) is 0 Å². The molecule has 0 fully saturated rings. The minimum absolute atomic E-state index is 0.235. The summed E-state index contributed by atoms with van der Waals surface area (Å²) in [6, 6.07) is 12.8. The van der Waals surface area contributed by atoms with E-state index < -0.39 is 6.04 Å². The number of rotatable bonds is 2. The Morgan fingerprint density at radius 3 is 2.74 bits per heavy atom. The van der Waals surface area contributed by atoms with E-state index in [-0.39, 0.29) is 5.82 Å². The van der Waals surface area contributed by atoms with Crippen molar-refractivity contribution in [1.29, 1.82) is 0 Å². The Kier molecular flexibility index (Phi) is 3.09. The molecule has 0 aliphatic heterocycles. The summed E-state index contributed by atoms with van der Waals surface area (Å²) in [7, 11) is 0. The number of hydrogen-bond acceptors (Lipinski definition) is 2. The van der Waals surface area contributed by atoms with E-state index in [2.05, 4.69) is 6.07 Å². The second-order valence-electron chi connectivity index (χ2n) is 4.69. The second kappa shape index (κ2) is 4.76. The van der Waals surface area contributed by atoms with Crippen molar-refractivity contribution in [2.24, 2.45) is 5.73 Å². The van der Waals surface area contributed by atoms with E-state index in [1.165, 1.54) is 6.07 Å². The molecule has 2 aromatic carbocycles. The summed E-state index contributed by atoms with van der Waals surface area (Å²) in [4.78, 5) is 0. The molecule has 0 saturated heterocycles. The summed E-state index contributed by atoms with van der Waals surface area (Å²) in [6.45, 7) is 1.87. The summed E-state index contributed by atoms with van der Waals surface area (Å²) in [5, 5.41) is 3.19. The van der Waals surface area contributed by atoms with Crippen LogP contribution in [0.15, 0.2) is 47.8 Å². The zero-order valence-electron chi connectivity index (χ0n) is 10.6. The Labute approximate surface area is 115 Å². The van der Waals surface area contributed by atoms with Gasteiger partial charge in [0.25, 0.3) is 0 Å². The van der Waals surface area contributed by atoms with Gasteiger partial charge in [0.2, 0.25) is 0 Å². The molecule has 19 heavy (non-hydrogen) atoms. The fourth-order valence-electron chi connectivity index (χ4n) is 2.31. The topological polar surface area (TPSA) is 26.0 Å². The van der Waals surface area contributed by atoms with E-state index in [0.29, 0.717) is 5.56 Å². The van der Waals surface area contributed by atoms with Crippen molar-refractivity contribution >= 4 is 21.4 Å². The Bertz CT molecular complexity index is 732. The van der Waals surface area contributed by atoms with Gasteiger partial charge in [0.15, 0.2) is 0 Å². The summed E-state index contributed by atoms with van der Waals surface area (Å²) in [6.07, 6.45) is 0. The lowest BCUT2D eigenvalue weighted by Crippen LogP contribution is -2.13.